The average molecular weight is 371 g/mol. The van der Waals surface area contributed by atoms with Gasteiger partial charge in [-0.2, -0.15) is 0 Å². The number of hydrogen-bond donors (Lipinski definition) is 1. The van der Waals surface area contributed by atoms with Crippen LogP contribution < -0.4 is 10.9 Å². The highest BCUT2D eigenvalue weighted by molar-refractivity contribution is 9.10. The standard InChI is InChI=1S/C13H15BrN4O2S/c1-8-15-5-10(21-8)7-18(3)13(20)16-11-4-9(14)6-17(2)12(11)19/h4-6H,7H2,1-3H3,(H,16,20). The van der Waals surface area contributed by atoms with Crippen LogP contribution in [0.15, 0.2) is 27.7 Å². The van der Waals surface area contributed by atoms with Crippen LogP contribution in [-0.4, -0.2) is 27.5 Å². The molecule has 2 rings (SSSR count). The van der Waals surface area contributed by atoms with Crippen molar-refractivity contribution >= 4 is 39.0 Å². The second-order valence-corrected chi connectivity index (χ2v) is 6.85. The summed E-state index contributed by atoms with van der Waals surface area (Å²) in [5.74, 6) is 0. The number of rotatable bonds is 3. The van der Waals surface area contributed by atoms with Gasteiger partial charge in [0.05, 0.1) is 11.6 Å². The van der Waals surface area contributed by atoms with Crippen molar-refractivity contribution < 1.29 is 4.79 Å². The molecule has 0 unspecified atom stereocenters. The molecule has 6 nitrogen and oxygen atoms in total. The molecule has 0 aromatic carbocycles. The van der Waals surface area contributed by atoms with Crippen LogP contribution in [-0.2, 0) is 13.6 Å². The molecule has 0 spiro atoms. The number of urea groups is 1. The summed E-state index contributed by atoms with van der Waals surface area (Å²) >= 11 is 4.84. The Hall–Kier alpha value is -1.67. The van der Waals surface area contributed by atoms with Gasteiger partial charge in [0.1, 0.15) is 5.69 Å². The Balaban J connectivity index is 2.09. The molecular weight excluding hydrogens is 356 g/mol. The van der Waals surface area contributed by atoms with Crippen LogP contribution in [0.1, 0.15) is 9.88 Å². The highest BCUT2D eigenvalue weighted by Gasteiger charge is 2.13. The maximum absolute atomic E-state index is 12.1. The van der Waals surface area contributed by atoms with E-state index >= 15 is 0 Å². The predicted octanol–water partition coefficient (Wildman–Crippen LogP) is 2.58. The molecule has 0 saturated heterocycles. The third kappa shape index (κ3) is 3.92. The molecule has 0 atom stereocenters. The van der Waals surface area contributed by atoms with E-state index in [0.717, 1.165) is 14.4 Å². The number of hydrogen-bond acceptors (Lipinski definition) is 4. The van der Waals surface area contributed by atoms with Crippen LogP contribution in [0.3, 0.4) is 0 Å². The number of halogens is 1. The lowest BCUT2D eigenvalue weighted by Crippen LogP contribution is -2.33. The Bertz CT molecular complexity index is 725. The van der Waals surface area contributed by atoms with Gasteiger partial charge in [-0.1, -0.05) is 0 Å². The molecule has 0 saturated carbocycles. The van der Waals surface area contributed by atoms with Crippen LogP contribution in [0.5, 0.6) is 0 Å². The third-order valence-corrected chi connectivity index (χ3v) is 4.13. The molecule has 1 N–H and O–H groups in total. The van der Waals surface area contributed by atoms with E-state index < -0.39 is 0 Å². The van der Waals surface area contributed by atoms with E-state index in [2.05, 4.69) is 26.2 Å². The molecule has 2 heterocycles. The first kappa shape index (κ1) is 15.7. The van der Waals surface area contributed by atoms with Crippen molar-refractivity contribution in [2.75, 3.05) is 12.4 Å². The van der Waals surface area contributed by atoms with E-state index in [1.54, 1.807) is 43.9 Å². The normalized spacial score (nSPS) is 10.5. The van der Waals surface area contributed by atoms with E-state index in [1.165, 1.54) is 9.47 Å². The zero-order valence-electron chi connectivity index (χ0n) is 11.9. The van der Waals surface area contributed by atoms with Crippen LogP contribution in [0.25, 0.3) is 0 Å². The van der Waals surface area contributed by atoms with Crippen LogP contribution in [0.4, 0.5) is 10.5 Å². The van der Waals surface area contributed by atoms with E-state index in [0.29, 0.717) is 6.54 Å². The van der Waals surface area contributed by atoms with Gasteiger partial charge in [0.2, 0.25) is 0 Å². The lowest BCUT2D eigenvalue weighted by atomic mass is 10.4. The van der Waals surface area contributed by atoms with E-state index in [4.69, 9.17) is 0 Å². The molecule has 0 radical (unpaired) electrons. The first-order valence-electron chi connectivity index (χ1n) is 6.16. The molecule has 0 aliphatic heterocycles. The van der Waals surface area contributed by atoms with Crippen LogP contribution >= 0.6 is 27.3 Å². The van der Waals surface area contributed by atoms with Gasteiger partial charge in [0.25, 0.3) is 5.56 Å². The molecule has 0 bridgehead atoms. The summed E-state index contributed by atoms with van der Waals surface area (Å²) in [7, 11) is 3.30. The van der Waals surface area contributed by atoms with Gasteiger partial charge in [-0.3, -0.25) is 4.79 Å². The highest BCUT2D eigenvalue weighted by Crippen LogP contribution is 2.15. The number of nitrogens with one attached hydrogen (secondary N) is 1. The zero-order valence-corrected chi connectivity index (χ0v) is 14.3. The molecule has 8 heteroatoms. The van der Waals surface area contributed by atoms with E-state index in [1.807, 2.05) is 6.92 Å². The summed E-state index contributed by atoms with van der Waals surface area (Å²) in [6.45, 7) is 2.37. The first-order valence-corrected chi connectivity index (χ1v) is 7.77. The van der Waals surface area contributed by atoms with Crippen molar-refractivity contribution in [3.63, 3.8) is 0 Å². The lowest BCUT2D eigenvalue weighted by molar-refractivity contribution is 0.221. The largest absolute Gasteiger partial charge is 0.322 e. The number of amides is 2. The van der Waals surface area contributed by atoms with E-state index in [-0.39, 0.29) is 17.3 Å². The van der Waals surface area contributed by atoms with Crippen molar-refractivity contribution in [1.29, 1.82) is 0 Å². The summed E-state index contributed by atoms with van der Waals surface area (Å²) in [5.41, 5.74) is -0.0159. The predicted molar refractivity (Wildman–Crippen MR) is 86.7 cm³/mol. The maximum Gasteiger partial charge on any atom is 0.322 e. The third-order valence-electron chi connectivity index (χ3n) is 2.80. The Morgan fingerprint density at radius 3 is 2.90 bits per heavy atom. The summed E-state index contributed by atoms with van der Waals surface area (Å²) in [4.78, 5) is 30.7. The van der Waals surface area contributed by atoms with Crippen molar-refractivity contribution in [3.05, 3.63) is 43.2 Å². The number of thiazole rings is 1. The number of carbonyl (C=O) groups excluding carboxylic acids is 1. The van der Waals surface area contributed by atoms with Crippen molar-refractivity contribution in [3.8, 4) is 0 Å². The molecular formula is C13H15BrN4O2S. The van der Waals surface area contributed by atoms with Crippen molar-refractivity contribution in [2.24, 2.45) is 7.05 Å². The molecule has 0 aliphatic carbocycles. The maximum atomic E-state index is 12.1. The smallest absolute Gasteiger partial charge is 0.322 e. The average Bonchev–Trinajstić information content (AvgIpc) is 2.80. The van der Waals surface area contributed by atoms with Crippen molar-refractivity contribution in [2.45, 2.75) is 13.5 Å². The second kappa shape index (κ2) is 6.40. The SMILES string of the molecule is Cc1ncc(CN(C)C(=O)Nc2cc(Br)cn(C)c2=O)s1. The van der Waals surface area contributed by atoms with Gasteiger partial charge >= 0.3 is 6.03 Å². The minimum Gasteiger partial charge on any atom is -0.322 e. The number of anilines is 1. The first-order chi connectivity index (χ1) is 9.86. The number of aryl methyl sites for hydroxylation is 2. The van der Waals surface area contributed by atoms with Crippen LogP contribution in [0.2, 0.25) is 0 Å². The lowest BCUT2D eigenvalue weighted by Gasteiger charge is -2.17. The molecule has 2 aromatic heterocycles. The Labute approximate surface area is 134 Å². The van der Waals surface area contributed by atoms with Gasteiger partial charge < -0.3 is 14.8 Å². The summed E-state index contributed by atoms with van der Waals surface area (Å²) in [6, 6.07) is 1.25. The minimum atomic E-state index is -0.337. The number of carbonyl (C=O) groups is 1. The van der Waals surface area contributed by atoms with Gasteiger partial charge in [0, 0.05) is 35.8 Å². The molecule has 112 valence electrons. The molecule has 0 aliphatic rings. The topological polar surface area (TPSA) is 67.2 Å². The van der Waals surface area contributed by atoms with Gasteiger partial charge in [-0.15, -0.1) is 11.3 Å². The fourth-order valence-corrected chi connectivity index (χ4v) is 3.14. The van der Waals surface area contributed by atoms with E-state index in [9.17, 15) is 9.59 Å². The van der Waals surface area contributed by atoms with Gasteiger partial charge in [-0.05, 0) is 28.9 Å². The zero-order chi connectivity index (χ0) is 15.6. The van der Waals surface area contributed by atoms with Gasteiger partial charge in [0.15, 0.2) is 0 Å². The fourth-order valence-electron chi connectivity index (χ4n) is 1.75. The fraction of sp³-hybridized carbons (Fsp3) is 0.308. The van der Waals surface area contributed by atoms with Crippen LogP contribution in [0, 0.1) is 6.92 Å². The Morgan fingerprint density at radius 1 is 1.57 bits per heavy atom. The summed E-state index contributed by atoms with van der Waals surface area (Å²) in [5, 5.41) is 3.58. The number of nitrogens with zero attached hydrogens (tertiary/aromatic N) is 3. The second-order valence-electron chi connectivity index (χ2n) is 4.62. The summed E-state index contributed by atoms with van der Waals surface area (Å²) < 4.78 is 2.13. The molecule has 2 amide bonds. The molecule has 0 fully saturated rings. The number of pyridine rings is 1. The quantitative estimate of drug-likeness (QED) is 0.902. The Morgan fingerprint density at radius 2 is 2.29 bits per heavy atom. The van der Waals surface area contributed by atoms with Crippen molar-refractivity contribution in [1.82, 2.24) is 14.5 Å². The number of aromatic nitrogens is 2. The summed E-state index contributed by atoms with van der Waals surface area (Å²) in [6.07, 6.45) is 3.39. The monoisotopic (exact) mass is 370 g/mol. The molecule has 21 heavy (non-hydrogen) atoms. The minimum absolute atomic E-state index is 0.240. The van der Waals surface area contributed by atoms with Gasteiger partial charge in [-0.25, -0.2) is 9.78 Å². The Kier molecular flexibility index (Phi) is 4.79. The molecule has 2 aromatic rings. The highest BCUT2D eigenvalue weighted by atomic mass is 79.9.